The molecule has 1 heterocycles. The molecule has 6 nitrogen and oxygen atoms in total. The summed E-state index contributed by atoms with van der Waals surface area (Å²) in [6.45, 7) is 7.72. The van der Waals surface area contributed by atoms with Gasteiger partial charge in [-0.05, 0) is 57.2 Å². The first kappa shape index (κ1) is 21.0. The van der Waals surface area contributed by atoms with Crippen LogP contribution in [0.15, 0.2) is 47.6 Å². The normalized spacial score (nSPS) is 16.7. The van der Waals surface area contributed by atoms with Gasteiger partial charge in [0.1, 0.15) is 0 Å². The number of Topliss-reactive ketones (excluding diaryl/α,β-unsaturated/α-hetero) is 1. The molecule has 1 atom stereocenters. The number of ether oxygens (including phenoxy) is 2. The summed E-state index contributed by atoms with van der Waals surface area (Å²) in [7, 11) is 3.21. The van der Waals surface area contributed by atoms with Gasteiger partial charge in [-0.25, -0.2) is 5.01 Å². The van der Waals surface area contributed by atoms with E-state index in [1.165, 1.54) is 6.92 Å². The summed E-state index contributed by atoms with van der Waals surface area (Å²) in [6, 6.07) is 13.2. The first-order chi connectivity index (χ1) is 13.7. The Labute approximate surface area is 176 Å². The van der Waals surface area contributed by atoms with E-state index in [0.717, 1.165) is 11.3 Å². The number of hydrogen-bond acceptors (Lipinski definition) is 6. The van der Waals surface area contributed by atoms with Gasteiger partial charge in [0.2, 0.25) is 0 Å². The number of hydrazone groups is 1. The fourth-order valence-electron chi connectivity index (χ4n) is 3.45. The Morgan fingerprint density at radius 2 is 1.66 bits per heavy atom. The van der Waals surface area contributed by atoms with E-state index in [2.05, 4.69) is 20.8 Å². The number of halogens is 1. The third-order valence-electron chi connectivity index (χ3n) is 4.74. The van der Waals surface area contributed by atoms with Crippen molar-refractivity contribution in [3.05, 3.63) is 53.1 Å². The molecule has 0 spiro atoms. The molecule has 0 aromatic heterocycles. The second-order valence-corrected chi connectivity index (χ2v) is 8.27. The molecule has 1 aliphatic rings. The minimum absolute atomic E-state index is 0.0955. The lowest BCUT2D eigenvalue weighted by molar-refractivity contribution is -0.112. The molecule has 0 N–H and O–H groups in total. The Hall–Kier alpha value is -2.73. The highest BCUT2D eigenvalue weighted by atomic mass is 35.5. The van der Waals surface area contributed by atoms with E-state index in [0.29, 0.717) is 22.4 Å². The summed E-state index contributed by atoms with van der Waals surface area (Å²) in [5.41, 5.74) is 1.40. The van der Waals surface area contributed by atoms with Gasteiger partial charge in [0.05, 0.1) is 19.9 Å². The van der Waals surface area contributed by atoms with Gasteiger partial charge in [-0.3, -0.25) is 4.79 Å². The van der Waals surface area contributed by atoms with Crippen LogP contribution in [-0.4, -0.2) is 36.3 Å². The third-order valence-corrected chi connectivity index (χ3v) is 4.99. The largest absolute Gasteiger partial charge is 0.493 e. The average molecular weight is 416 g/mol. The molecule has 0 fully saturated rings. The maximum Gasteiger partial charge on any atom is 0.196 e. The molecule has 0 bridgehead atoms. The first-order valence-corrected chi connectivity index (χ1v) is 9.70. The van der Waals surface area contributed by atoms with Crippen molar-refractivity contribution in [2.24, 2.45) is 5.10 Å². The molecule has 0 aliphatic carbocycles. The van der Waals surface area contributed by atoms with Gasteiger partial charge >= 0.3 is 0 Å². The highest BCUT2D eigenvalue weighted by Crippen LogP contribution is 2.42. The zero-order chi connectivity index (χ0) is 21.3. The first-order valence-electron chi connectivity index (χ1n) is 9.33. The van der Waals surface area contributed by atoms with Crippen molar-refractivity contribution in [1.82, 2.24) is 4.90 Å². The average Bonchev–Trinajstić information content (AvgIpc) is 3.09. The molecule has 0 saturated carbocycles. The Bertz CT molecular complexity index is 935. The number of methoxy groups -OCH3 is 2. The van der Waals surface area contributed by atoms with Gasteiger partial charge in [0.15, 0.2) is 29.3 Å². The van der Waals surface area contributed by atoms with E-state index in [4.69, 9.17) is 26.2 Å². The molecule has 0 saturated heterocycles. The number of anilines is 1. The minimum atomic E-state index is -0.358. The molecule has 3 rings (SSSR count). The molecule has 0 unspecified atom stereocenters. The van der Waals surface area contributed by atoms with Crippen LogP contribution < -0.4 is 14.5 Å². The quantitative estimate of drug-likeness (QED) is 0.696. The second-order valence-electron chi connectivity index (χ2n) is 7.83. The van der Waals surface area contributed by atoms with Crippen LogP contribution in [-0.2, 0) is 4.79 Å². The van der Waals surface area contributed by atoms with Crippen LogP contribution in [0, 0.1) is 0 Å². The monoisotopic (exact) mass is 415 g/mol. The summed E-state index contributed by atoms with van der Waals surface area (Å²) in [6.07, 6.45) is -0.338. The predicted molar refractivity (Wildman–Crippen MR) is 116 cm³/mol. The lowest BCUT2D eigenvalue weighted by atomic mass is 10.0. The van der Waals surface area contributed by atoms with Crippen molar-refractivity contribution < 1.29 is 14.3 Å². The highest BCUT2D eigenvalue weighted by molar-refractivity contribution is 6.38. The number of rotatable bonds is 5. The summed E-state index contributed by atoms with van der Waals surface area (Å²) in [5, 5.41) is 7.19. The summed E-state index contributed by atoms with van der Waals surface area (Å²) >= 11 is 6.08. The van der Waals surface area contributed by atoms with Crippen molar-refractivity contribution in [2.45, 2.75) is 39.4 Å². The van der Waals surface area contributed by atoms with Crippen LogP contribution >= 0.6 is 11.6 Å². The molecule has 2 aromatic rings. The molecule has 0 radical (unpaired) electrons. The standard InChI is InChI=1S/C22H26ClN3O3/c1-14(27)20-24-26(17-10-8-16(23)9-11-17)21(25(20)22(2,3)4)15-7-12-18(28-5)19(13-15)29-6/h7-13,21H,1-6H3/t21-/m1/s1. The van der Waals surface area contributed by atoms with Gasteiger partial charge in [-0.1, -0.05) is 17.7 Å². The number of carbonyl (C=O) groups excluding carboxylic acids is 1. The van der Waals surface area contributed by atoms with Gasteiger partial charge in [-0.15, -0.1) is 5.10 Å². The Morgan fingerprint density at radius 1 is 1.03 bits per heavy atom. The SMILES string of the molecule is COc1ccc([C@H]2N(c3ccc(Cl)cc3)N=C(C(C)=O)N2C(C)(C)C)cc1OC. The fraction of sp³-hybridized carbons (Fsp3) is 0.364. The topological polar surface area (TPSA) is 54.4 Å². The van der Waals surface area contributed by atoms with Crippen LogP contribution in [0.3, 0.4) is 0 Å². The van der Waals surface area contributed by atoms with E-state index in [1.807, 2.05) is 52.4 Å². The number of nitrogens with zero attached hydrogens (tertiary/aromatic N) is 3. The fourth-order valence-corrected chi connectivity index (χ4v) is 3.58. The Morgan fingerprint density at radius 3 is 2.17 bits per heavy atom. The van der Waals surface area contributed by atoms with Crippen LogP contribution in [0.4, 0.5) is 5.69 Å². The maximum absolute atomic E-state index is 12.5. The third kappa shape index (κ3) is 4.03. The van der Waals surface area contributed by atoms with Crippen molar-refractivity contribution in [3.8, 4) is 11.5 Å². The van der Waals surface area contributed by atoms with Crippen LogP contribution in [0.5, 0.6) is 11.5 Å². The number of hydrogen-bond donors (Lipinski definition) is 0. The number of amidine groups is 1. The van der Waals surface area contributed by atoms with E-state index in [1.54, 1.807) is 14.2 Å². The van der Waals surface area contributed by atoms with E-state index < -0.39 is 0 Å². The second kappa shape index (κ2) is 7.95. The van der Waals surface area contributed by atoms with E-state index >= 15 is 0 Å². The molecular formula is C22H26ClN3O3. The molecule has 1 aliphatic heterocycles. The smallest absolute Gasteiger partial charge is 0.196 e. The van der Waals surface area contributed by atoms with Crippen molar-refractivity contribution >= 4 is 28.9 Å². The zero-order valence-corrected chi connectivity index (χ0v) is 18.3. The maximum atomic E-state index is 12.5. The van der Waals surface area contributed by atoms with E-state index in [-0.39, 0.29) is 17.5 Å². The van der Waals surface area contributed by atoms with Crippen LogP contribution in [0.2, 0.25) is 5.02 Å². The molecule has 7 heteroatoms. The summed E-state index contributed by atoms with van der Waals surface area (Å²) in [5.74, 6) is 1.57. The van der Waals surface area contributed by atoms with Gasteiger partial charge in [0.25, 0.3) is 0 Å². The molecule has 154 valence electrons. The van der Waals surface area contributed by atoms with Gasteiger partial charge < -0.3 is 14.4 Å². The number of carbonyl (C=O) groups is 1. The number of ketones is 1. The lowest BCUT2D eigenvalue weighted by Crippen LogP contribution is -2.49. The van der Waals surface area contributed by atoms with Crippen molar-refractivity contribution in [1.29, 1.82) is 0 Å². The zero-order valence-electron chi connectivity index (χ0n) is 17.6. The summed E-state index contributed by atoms with van der Waals surface area (Å²) < 4.78 is 10.9. The Balaban J connectivity index is 2.19. The summed E-state index contributed by atoms with van der Waals surface area (Å²) in [4.78, 5) is 14.5. The lowest BCUT2D eigenvalue weighted by Gasteiger charge is -2.40. The number of benzene rings is 2. The Kier molecular flexibility index (Phi) is 5.75. The van der Waals surface area contributed by atoms with E-state index in [9.17, 15) is 4.79 Å². The molecule has 2 aromatic carbocycles. The predicted octanol–water partition coefficient (Wildman–Crippen LogP) is 4.88. The highest BCUT2D eigenvalue weighted by Gasteiger charge is 2.43. The van der Waals surface area contributed by atoms with Crippen molar-refractivity contribution in [3.63, 3.8) is 0 Å². The van der Waals surface area contributed by atoms with Crippen LogP contribution in [0.25, 0.3) is 0 Å². The van der Waals surface area contributed by atoms with Crippen molar-refractivity contribution in [2.75, 3.05) is 19.2 Å². The molecular weight excluding hydrogens is 390 g/mol. The molecule has 0 amide bonds. The minimum Gasteiger partial charge on any atom is -0.493 e. The van der Waals surface area contributed by atoms with Crippen LogP contribution in [0.1, 0.15) is 39.4 Å². The van der Waals surface area contributed by atoms with Gasteiger partial charge in [-0.2, -0.15) is 0 Å². The molecule has 29 heavy (non-hydrogen) atoms. The van der Waals surface area contributed by atoms with Gasteiger partial charge in [0, 0.05) is 23.0 Å².